The highest BCUT2D eigenvalue weighted by Crippen LogP contribution is 2.17. The molecule has 1 amide bonds. The van der Waals surface area contributed by atoms with E-state index in [1.807, 2.05) is 49.6 Å². The molecule has 0 aliphatic heterocycles. The van der Waals surface area contributed by atoms with Crippen molar-refractivity contribution in [2.24, 2.45) is 0 Å². The number of nitrogens with zero attached hydrogens (tertiary/aromatic N) is 2. The molecule has 3 rings (SSSR count). The van der Waals surface area contributed by atoms with E-state index in [2.05, 4.69) is 10.3 Å². The van der Waals surface area contributed by atoms with Crippen molar-refractivity contribution in [1.29, 1.82) is 0 Å². The maximum atomic E-state index is 12.5. The molecule has 6 heteroatoms. The lowest BCUT2D eigenvalue weighted by Crippen LogP contribution is -2.22. The van der Waals surface area contributed by atoms with Gasteiger partial charge in [0.25, 0.3) is 5.56 Å². The van der Waals surface area contributed by atoms with Gasteiger partial charge in [0.15, 0.2) is 0 Å². The third-order valence-electron chi connectivity index (χ3n) is 4.23. The summed E-state index contributed by atoms with van der Waals surface area (Å²) >= 11 is 1.66. The number of para-hydroxylation sites is 1. The van der Waals surface area contributed by atoms with Crippen LogP contribution in [-0.4, -0.2) is 21.7 Å². The van der Waals surface area contributed by atoms with Gasteiger partial charge in [-0.05, 0) is 55.5 Å². The quantitative estimate of drug-likeness (QED) is 0.672. The van der Waals surface area contributed by atoms with Crippen LogP contribution in [0.3, 0.4) is 0 Å². The van der Waals surface area contributed by atoms with Crippen molar-refractivity contribution in [3.8, 4) is 0 Å². The molecule has 2 aromatic carbocycles. The summed E-state index contributed by atoms with van der Waals surface area (Å²) in [6, 6.07) is 13.3. The second kappa shape index (κ2) is 8.19. The molecule has 1 heterocycles. The van der Waals surface area contributed by atoms with Crippen LogP contribution in [0.5, 0.6) is 0 Å². The molecule has 134 valence electrons. The fraction of sp³-hybridized carbons (Fsp3) is 0.250. The Morgan fingerprint density at radius 3 is 2.69 bits per heavy atom. The number of rotatable bonds is 6. The van der Waals surface area contributed by atoms with Gasteiger partial charge in [-0.2, -0.15) is 0 Å². The number of fused-ring (bicyclic) bond motifs is 1. The first-order valence-corrected chi connectivity index (χ1v) is 9.69. The van der Waals surface area contributed by atoms with Crippen molar-refractivity contribution < 1.29 is 4.79 Å². The van der Waals surface area contributed by atoms with E-state index >= 15 is 0 Å². The van der Waals surface area contributed by atoms with Crippen molar-refractivity contribution in [3.63, 3.8) is 0 Å². The lowest BCUT2D eigenvalue weighted by Gasteiger charge is -2.08. The first kappa shape index (κ1) is 18.2. The van der Waals surface area contributed by atoms with Gasteiger partial charge in [-0.1, -0.05) is 12.1 Å². The minimum absolute atomic E-state index is 0.0560. The summed E-state index contributed by atoms with van der Waals surface area (Å²) in [5.74, 6) is -0.0560. The highest BCUT2D eigenvalue weighted by molar-refractivity contribution is 7.98. The van der Waals surface area contributed by atoms with Gasteiger partial charge in [0.2, 0.25) is 5.91 Å². The number of carbonyl (C=O) groups is 1. The first-order valence-electron chi connectivity index (χ1n) is 8.47. The smallest absolute Gasteiger partial charge is 0.261 e. The van der Waals surface area contributed by atoms with Crippen LogP contribution in [0.1, 0.15) is 18.4 Å². The van der Waals surface area contributed by atoms with E-state index < -0.39 is 0 Å². The van der Waals surface area contributed by atoms with Gasteiger partial charge >= 0.3 is 0 Å². The molecule has 0 saturated carbocycles. The number of hydrogen-bond donors (Lipinski definition) is 1. The number of amides is 1. The number of carbonyl (C=O) groups excluding carboxylic acids is 1. The number of anilines is 1. The second-order valence-corrected chi connectivity index (χ2v) is 6.97. The Kier molecular flexibility index (Phi) is 5.73. The molecule has 1 N–H and O–H groups in total. The fourth-order valence-corrected chi connectivity index (χ4v) is 3.21. The highest BCUT2D eigenvalue weighted by atomic mass is 32.2. The Bertz CT molecular complexity index is 981. The zero-order valence-corrected chi connectivity index (χ0v) is 15.7. The standard InChI is InChI=1S/C20H21N3O2S/c1-14-5-3-6-17-19(14)21-13-23(20(17)25)12-4-7-18(24)22-15-8-10-16(26-2)11-9-15/h3,5-6,8-11,13H,4,7,12H2,1-2H3,(H,22,24). The Hall–Kier alpha value is -2.60. The number of aryl methyl sites for hydroxylation is 2. The second-order valence-electron chi connectivity index (χ2n) is 6.09. The van der Waals surface area contributed by atoms with Gasteiger partial charge in [0.05, 0.1) is 17.2 Å². The third-order valence-corrected chi connectivity index (χ3v) is 4.98. The molecule has 0 saturated heterocycles. The Labute approximate surface area is 156 Å². The molecule has 26 heavy (non-hydrogen) atoms. The molecule has 5 nitrogen and oxygen atoms in total. The average molecular weight is 367 g/mol. The monoisotopic (exact) mass is 367 g/mol. The Morgan fingerprint density at radius 1 is 1.19 bits per heavy atom. The SMILES string of the molecule is CSc1ccc(NC(=O)CCCn2cnc3c(C)cccc3c2=O)cc1. The van der Waals surface area contributed by atoms with Crippen molar-refractivity contribution in [3.05, 3.63) is 64.7 Å². The summed E-state index contributed by atoms with van der Waals surface area (Å²) in [5.41, 5.74) is 2.44. The molecule has 0 spiro atoms. The Morgan fingerprint density at radius 2 is 1.96 bits per heavy atom. The van der Waals surface area contributed by atoms with E-state index in [4.69, 9.17) is 0 Å². The topological polar surface area (TPSA) is 64.0 Å². The van der Waals surface area contributed by atoms with E-state index in [0.29, 0.717) is 24.8 Å². The number of thioether (sulfide) groups is 1. The molecule has 1 aromatic heterocycles. The largest absolute Gasteiger partial charge is 0.326 e. The molecule has 0 fully saturated rings. The molecule has 3 aromatic rings. The van der Waals surface area contributed by atoms with Crippen molar-refractivity contribution in [1.82, 2.24) is 9.55 Å². The minimum atomic E-state index is -0.0632. The van der Waals surface area contributed by atoms with Crippen LogP contribution in [0.15, 0.2) is 58.5 Å². The van der Waals surface area contributed by atoms with Crippen molar-refractivity contribution in [2.45, 2.75) is 31.2 Å². The molecule has 0 atom stereocenters. The van der Waals surface area contributed by atoms with Gasteiger partial charge in [-0.15, -0.1) is 11.8 Å². The van der Waals surface area contributed by atoms with Crippen molar-refractivity contribution >= 4 is 34.3 Å². The summed E-state index contributed by atoms with van der Waals surface area (Å²) in [6.07, 6.45) is 4.51. The molecule has 0 unspecified atom stereocenters. The van der Waals surface area contributed by atoms with Crippen LogP contribution >= 0.6 is 11.8 Å². The number of aromatic nitrogens is 2. The van der Waals surface area contributed by atoms with Gasteiger partial charge in [0, 0.05) is 23.5 Å². The minimum Gasteiger partial charge on any atom is -0.326 e. The van der Waals surface area contributed by atoms with E-state index in [1.165, 1.54) is 0 Å². The van der Waals surface area contributed by atoms with E-state index in [-0.39, 0.29) is 11.5 Å². The summed E-state index contributed by atoms with van der Waals surface area (Å²) < 4.78 is 1.57. The van der Waals surface area contributed by atoms with E-state index in [9.17, 15) is 9.59 Å². The van der Waals surface area contributed by atoms with E-state index in [0.717, 1.165) is 21.7 Å². The van der Waals surface area contributed by atoms with Crippen LogP contribution in [0.4, 0.5) is 5.69 Å². The molecule has 0 bridgehead atoms. The summed E-state index contributed by atoms with van der Waals surface area (Å²) in [4.78, 5) is 30.1. The predicted octanol–water partition coefficient (Wildman–Crippen LogP) is 3.85. The van der Waals surface area contributed by atoms with E-state index in [1.54, 1.807) is 28.7 Å². The molecule has 0 radical (unpaired) electrons. The summed E-state index contributed by atoms with van der Waals surface area (Å²) in [7, 11) is 0. The molecule has 0 aliphatic carbocycles. The number of benzene rings is 2. The van der Waals surface area contributed by atoms with Gasteiger partial charge in [0.1, 0.15) is 0 Å². The fourth-order valence-electron chi connectivity index (χ4n) is 2.80. The number of nitrogens with one attached hydrogen (secondary N) is 1. The maximum absolute atomic E-state index is 12.5. The summed E-state index contributed by atoms with van der Waals surface area (Å²) in [5, 5.41) is 3.50. The number of hydrogen-bond acceptors (Lipinski definition) is 4. The summed E-state index contributed by atoms with van der Waals surface area (Å²) in [6.45, 7) is 2.41. The molecular formula is C20H21N3O2S. The first-order chi connectivity index (χ1) is 12.6. The van der Waals surface area contributed by atoms with Crippen LogP contribution in [0, 0.1) is 6.92 Å². The molecular weight excluding hydrogens is 346 g/mol. The van der Waals surface area contributed by atoms with Gasteiger partial charge in [-0.3, -0.25) is 14.2 Å². The van der Waals surface area contributed by atoms with Crippen LogP contribution < -0.4 is 10.9 Å². The van der Waals surface area contributed by atoms with Crippen molar-refractivity contribution in [2.75, 3.05) is 11.6 Å². The van der Waals surface area contributed by atoms with Gasteiger partial charge in [-0.25, -0.2) is 4.98 Å². The van der Waals surface area contributed by atoms with Gasteiger partial charge < -0.3 is 5.32 Å². The van der Waals surface area contributed by atoms with Crippen LogP contribution in [-0.2, 0) is 11.3 Å². The van der Waals surface area contributed by atoms with Crippen LogP contribution in [0.25, 0.3) is 10.9 Å². The zero-order valence-electron chi connectivity index (χ0n) is 14.9. The maximum Gasteiger partial charge on any atom is 0.261 e. The highest BCUT2D eigenvalue weighted by Gasteiger charge is 2.07. The normalized spacial score (nSPS) is 10.8. The average Bonchev–Trinajstić information content (AvgIpc) is 2.65. The molecule has 0 aliphatic rings. The lowest BCUT2D eigenvalue weighted by molar-refractivity contribution is -0.116. The third kappa shape index (κ3) is 4.14. The zero-order chi connectivity index (χ0) is 18.5. The van der Waals surface area contributed by atoms with Crippen LogP contribution in [0.2, 0.25) is 0 Å². The lowest BCUT2D eigenvalue weighted by atomic mass is 10.1. The predicted molar refractivity (Wildman–Crippen MR) is 107 cm³/mol. The Balaban J connectivity index is 1.59.